The average Bonchev–Trinajstić information content (AvgIpc) is 3.13. The summed E-state index contributed by atoms with van der Waals surface area (Å²) in [5.41, 5.74) is 6.79. The van der Waals surface area contributed by atoms with Crippen molar-refractivity contribution < 1.29 is 14.3 Å². The number of hydrogen-bond acceptors (Lipinski definition) is 8. The molecule has 0 saturated heterocycles. The number of ether oxygens (including phenoxy) is 1. The van der Waals surface area contributed by atoms with Gasteiger partial charge >= 0.3 is 5.97 Å². The van der Waals surface area contributed by atoms with E-state index in [0.717, 1.165) is 17.2 Å². The number of allylic oxidation sites excluding steroid dienone is 1. The van der Waals surface area contributed by atoms with Gasteiger partial charge in [-0.05, 0) is 13.8 Å². The van der Waals surface area contributed by atoms with E-state index in [1.54, 1.807) is 13.0 Å². The Labute approximate surface area is 159 Å². The fourth-order valence-corrected chi connectivity index (χ4v) is 4.43. The summed E-state index contributed by atoms with van der Waals surface area (Å²) >= 11 is 2.45. The molecule has 0 atom stereocenters. The molecular weight excluding hydrogens is 374 g/mol. The van der Waals surface area contributed by atoms with E-state index in [0.29, 0.717) is 27.9 Å². The van der Waals surface area contributed by atoms with Gasteiger partial charge in [-0.2, -0.15) is 0 Å². The predicted octanol–water partition coefficient (Wildman–Crippen LogP) is 2.24. The van der Waals surface area contributed by atoms with Gasteiger partial charge in [0.15, 0.2) is 5.16 Å². The van der Waals surface area contributed by atoms with Crippen molar-refractivity contribution in [3.05, 3.63) is 34.5 Å². The zero-order valence-corrected chi connectivity index (χ0v) is 16.5. The molecule has 0 bridgehead atoms. The number of thiophene rings is 1. The molecule has 0 saturated carbocycles. The van der Waals surface area contributed by atoms with Crippen LogP contribution in [0.1, 0.15) is 38.3 Å². The van der Waals surface area contributed by atoms with Crippen LogP contribution >= 0.6 is 23.1 Å². The van der Waals surface area contributed by atoms with Crippen LogP contribution in [0.2, 0.25) is 0 Å². The van der Waals surface area contributed by atoms with Crippen LogP contribution in [-0.4, -0.2) is 40.3 Å². The zero-order valence-electron chi connectivity index (χ0n) is 14.9. The van der Waals surface area contributed by atoms with Gasteiger partial charge < -0.3 is 20.4 Å². The number of anilines is 1. The lowest BCUT2D eigenvalue weighted by Crippen LogP contribution is -2.18. The van der Waals surface area contributed by atoms with Crippen molar-refractivity contribution in [1.82, 2.24) is 20.1 Å². The van der Waals surface area contributed by atoms with Gasteiger partial charge in [-0.3, -0.25) is 4.79 Å². The Bertz CT molecular complexity index is 828. The number of esters is 1. The van der Waals surface area contributed by atoms with E-state index < -0.39 is 5.97 Å². The van der Waals surface area contributed by atoms with Gasteiger partial charge in [0.05, 0.1) is 17.0 Å². The number of carbonyl (C=O) groups is 2. The second kappa shape index (κ2) is 8.86. The molecule has 0 aliphatic heterocycles. The minimum atomic E-state index is -0.532. The molecule has 2 aromatic rings. The number of nitrogens with one attached hydrogen (secondary N) is 1. The minimum absolute atomic E-state index is 0.225. The first kappa shape index (κ1) is 20.0. The first-order valence-electron chi connectivity index (χ1n) is 7.88. The van der Waals surface area contributed by atoms with E-state index in [1.807, 2.05) is 11.5 Å². The number of hydrogen-bond donors (Lipinski definition) is 2. The third kappa shape index (κ3) is 4.07. The molecule has 0 radical (unpaired) electrons. The van der Waals surface area contributed by atoms with E-state index in [2.05, 4.69) is 22.1 Å². The summed E-state index contributed by atoms with van der Waals surface area (Å²) in [5, 5.41) is 11.7. The van der Waals surface area contributed by atoms with E-state index in [9.17, 15) is 9.59 Å². The van der Waals surface area contributed by atoms with Crippen LogP contribution in [0, 0.1) is 6.92 Å². The van der Waals surface area contributed by atoms with Crippen LogP contribution in [0.15, 0.2) is 17.8 Å². The highest BCUT2D eigenvalue weighted by molar-refractivity contribution is 7.98. The van der Waals surface area contributed by atoms with E-state index in [-0.39, 0.29) is 23.1 Å². The number of aromatic nitrogens is 3. The standard InChI is InChI=1S/C16H21N5O3S2/c1-5-7-21-9(3)19-20-16(21)25-8-10-11(15(23)24-6-2)13(17)26-12(10)14(22)18-4/h5H,1,6-8,17H2,2-4H3,(H,18,22). The molecular formula is C16H21N5O3S2. The summed E-state index contributed by atoms with van der Waals surface area (Å²) in [5.74, 6) is 0.265. The average molecular weight is 396 g/mol. The monoisotopic (exact) mass is 395 g/mol. The predicted molar refractivity (Wildman–Crippen MR) is 103 cm³/mol. The molecule has 8 nitrogen and oxygen atoms in total. The fourth-order valence-electron chi connectivity index (χ4n) is 2.29. The lowest BCUT2D eigenvalue weighted by Gasteiger charge is -2.08. The van der Waals surface area contributed by atoms with Gasteiger partial charge in [0.1, 0.15) is 10.8 Å². The van der Waals surface area contributed by atoms with E-state index in [4.69, 9.17) is 10.5 Å². The zero-order chi connectivity index (χ0) is 19.3. The number of nitrogens with zero attached hydrogens (tertiary/aromatic N) is 3. The van der Waals surface area contributed by atoms with Crippen molar-refractivity contribution in [2.24, 2.45) is 0 Å². The van der Waals surface area contributed by atoms with Crippen LogP contribution in [0.3, 0.4) is 0 Å². The number of rotatable bonds is 8. The van der Waals surface area contributed by atoms with Crippen LogP contribution in [0.4, 0.5) is 5.00 Å². The van der Waals surface area contributed by atoms with Crippen LogP contribution < -0.4 is 11.1 Å². The molecule has 3 N–H and O–H groups in total. The second-order valence-electron chi connectivity index (χ2n) is 5.17. The number of aryl methyl sites for hydroxylation is 1. The maximum atomic E-state index is 12.3. The van der Waals surface area contributed by atoms with Gasteiger partial charge in [-0.25, -0.2) is 4.79 Å². The van der Waals surface area contributed by atoms with Crippen molar-refractivity contribution in [3.8, 4) is 0 Å². The van der Waals surface area contributed by atoms with E-state index >= 15 is 0 Å². The summed E-state index contributed by atoms with van der Waals surface area (Å²) in [6, 6.07) is 0. The summed E-state index contributed by atoms with van der Waals surface area (Å²) in [7, 11) is 1.53. The molecule has 26 heavy (non-hydrogen) atoms. The van der Waals surface area contributed by atoms with Gasteiger partial charge in [-0.15, -0.1) is 28.1 Å². The third-order valence-electron chi connectivity index (χ3n) is 3.51. The lowest BCUT2D eigenvalue weighted by molar-refractivity contribution is 0.0527. The Morgan fingerprint density at radius 3 is 2.81 bits per heavy atom. The van der Waals surface area contributed by atoms with Gasteiger partial charge in [0.2, 0.25) is 0 Å². The molecule has 2 aromatic heterocycles. The van der Waals surface area contributed by atoms with Crippen LogP contribution in [-0.2, 0) is 17.0 Å². The SMILES string of the molecule is C=CCn1c(C)nnc1SCc1c(C(=O)NC)sc(N)c1C(=O)OCC. The minimum Gasteiger partial charge on any atom is -0.462 e. The quantitative estimate of drug-likeness (QED) is 0.400. The largest absolute Gasteiger partial charge is 0.462 e. The number of thioether (sulfide) groups is 1. The molecule has 0 aliphatic carbocycles. The Balaban J connectivity index is 2.39. The molecule has 1 amide bonds. The van der Waals surface area contributed by atoms with Crippen molar-refractivity contribution >= 4 is 40.0 Å². The van der Waals surface area contributed by atoms with Crippen LogP contribution in [0.25, 0.3) is 0 Å². The normalized spacial score (nSPS) is 10.6. The Morgan fingerprint density at radius 1 is 1.46 bits per heavy atom. The molecule has 0 spiro atoms. The number of carbonyl (C=O) groups excluding carboxylic acids is 2. The second-order valence-corrected chi connectivity index (χ2v) is 7.16. The van der Waals surface area contributed by atoms with Crippen molar-refractivity contribution in [2.75, 3.05) is 19.4 Å². The fraction of sp³-hybridized carbons (Fsp3) is 0.375. The number of nitrogens with two attached hydrogens (primary N) is 1. The molecule has 140 valence electrons. The van der Waals surface area contributed by atoms with Gasteiger partial charge in [0, 0.05) is 24.9 Å². The molecule has 10 heteroatoms. The maximum absolute atomic E-state index is 12.3. The molecule has 0 unspecified atom stereocenters. The topological polar surface area (TPSA) is 112 Å². The lowest BCUT2D eigenvalue weighted by atomic mass is 10.1. The summed E-state index contributed by atoms with van der Waals surface area (Å²) < 4.78 is 6.99. The Kier molecular flexibility index (Phi) is 6.81. The molecule has 0 aromatic carbocycles. The molecule has 0 fully saturated rings. The summed E-state index contributed by atoms with van der Waals surface area (Å²) in [6.45, 7) is 8.09. The highest BCUT2D eigenvalue weighted by atomic mass is 32.2. The highest BCUT2D eigenvalue weighted by Gasteiger charge is 2.27. The third-order valence-corrected chi connectivity index (χ3v) is 5.56. The summed E-state index contributed by atoms with van der Waals surface area (Å²) in [6.07, 6.45) is 1.75. The number of nitrogen functional groups attached to an aromatic ring is 1. The van der Waals surface area contributed by atoms with Gasteiger partial charge in [-0.1, -0.05) is 17.8 Å². The molecule has 2 rings (SSSR count). The summed E-state index contributed by atoms with van der Waals surface area (Å²) in [4.78, 5) is 24.9. The van der Waals surface area contributed by atoms with Crippen molar-refractivity contribution in [1.29, 1.82) is 0 Å². The molecule has 0 aliphatic rings. The number of amides is 1. The van der Waals surface area contributed by atoms with Crippen molar-refractivity contribution in [2.45, 2.75) is 31.3 Å². The first-order valence-corrected chi connectivity index (χ1v) is 9.68. The smallest absolute Gasteiger partial charge is 0.341 e. The van der Waals surface area contributed by atoms with Crippen LogP contribution in [0.5, 0.6) is 0 Å². The molecule has 2 heterocycles. The highest BCUT2D eigenvalue weighted by Crippen LogP contribution is 2.36. The first-order chi connectivity index (χ1) is 12.4. The Hall–Kier alpha value is -2.33. The van der Waals surface area contributed by atoms with E-state index in [1.165, 1.54) is 18.8 Å². The van der Waals surface area contributed by atoms with Crippen molar-refractivity contribution in [3.63, 3.8) is 0 Å². The maximum Gasteiger partial charge on any atom is 0.341 e. The van der Waals surface area contributed by atoms with Gasteiger partial charge in [0.25, 0.3) is 5.91 Å². The Morgan fingerprint density at radius 2 is 2.19 bits per heavy atom.